The second-order valence-corrected chi connectivity index (χ2v) is 3.43. The number of hydrogen-bond acceptors (Lipinski definition) is 6. The Balaban J connectivity index is 2.19. The lowest BCUT2D eigenvalue weighted by Crippen LogP contribution is -2.16. The number of alkyl halides is 3. The maximum Gasteiger partial charge on any atom is 0.433 e. The summed E-state index contributed by atoms with van der Waals surface area (Å²) >= 11 is 0. The van der Waals surface area contributed by atoms with Crippen LogP contribution in [0.5, 0.6) is 5.88 Å². The molecule has 0 saturated heterocycles. The summed E-state index contributed by atoms with van der Waals surface area (Å²) < 4.78 is 47.8. The van der Waals surface area contributed by atoms with E-state index in [-0.39, 0.29) is 18.4 Å². The number of hydrazine groups is 1. The fraction of sp³-hybridized carbons (Fsp3) is 0.200. The number of rotatable bonds is 4. The summed E-state index contributed by atoms with van der Waals surface area (Å²) in [6.07, 6.45) is -3.19. The summed E-state index contributed by atoms with van der Waals surface area (Å²) in [5, 5.41) is 0. The van der Waals surface area contributed by atoms with Gasteiger partial charge in [0.1, 0.15) is 12.4 Å². The Morgan fingerprint density at radius 3 is 2.74 bits per heavy atom. The van der Waals surface area contributed by atoms with Gasteiger partial charge in [0.05, 0.1) is 6.26 Å². The summed E-state index contributed by atoms with van der Waals surface area (Å²) in [6, 6.07) is 3.93. The van der Waals surface area contributed by atoms with E-state index in [9.17, 15) is 13.2 Å². The molecule has 0 amide bonds. The number of nitrogen functional groups attached to an aromatic ring is 1. The molecule has 0 unspecified atom stereocenters. The normalized spacial score (nSPS) is 11.4. The first-order chi connectivity index (χ1) is 8.99. The first-order valence-electron chi connectivity index (χ1n) is 5.07. The van der Waals surface area contributed by atoms with E-state index in [2.05, 4.69) is 9.97 Å². The number of nitrogens with zero attached hydrogens (tertiary/aromatic N) is 2. The van der Waals surface area contributed by atoms with Crippen molar-refractivity contribution >= 4 is 5.95 Å². The number of nitrogens with two attached hydrogens (primary N) is 1. The van der Waals surface area contributed by atoms with Crippen molar-refractivity contribution < 1.29 is 22.3 Å². The van der Waals surface area contributed by atoms with Crippen molar-refractivity contribution in [2.75, 3.05) is 5.43 Å². The highest BCUT2D eigenvalue weighted by atomic mass is 19.4. The molecule has 19 heavy (non-hydrogen) atoms. The molecule has 6 nitrogen and oxygen atoms in total. The first kappa shape index (κ1) is 13.1. The maximum atomic E-state index is 12.6. The van der Waals surface area contributed by atoms with E-state index in [1.807, 2.05) is 5.43 Å². The van der Waals surface area contributed by atoms with Gasteiger partial charge in [0.25, 0.3) is 0 Å². The number of nitrogens with one attached hydrogen (secondary N) is 1. The molecule has 9 heteroatoms. The van der Waals surface area contributed by atoms with Crippen LogP contribution in [-0.4, -0.2) is 9.97 Å². The van der Waals surface area contributed by atoms with Gasteiger partial charge in [0.15, 0.2) is 5.69 Å². The Labute approximate surface area is 105 Å². The highest BCUT2D eigenvalue weighted by Crippen LogP contribution is 2.30. The fourth-order valence-electron chi connectivity index (χ4n) is 1.25. The molecule has 0 radical (unpaired) electrons. The molecule has 0 aliphatic heterocycles. The molecular weight excluding hydrogens is 265 g/mol. The molecule has 2 aromatic heterocycles. The van der Waals surface area contributed by atoms with E-state index in [1.54, 1.807) is 12.1 Å². The van der Waals surface area contributed by atoms with Gasteiger partial charge < -0.3 is 9.15 Å². The first-order valence-corrected chi connectivity index (χ1v) is 5.07. The van der Waals surface area contributed by atoms with E-state index in [0.717, 1.165) is 0 Å². The third kappa shape index (κ3) is 3.35. The average Bonchev–Trinajstić information content (AvgIpc) is 2.88. The molecule has 0 aliphatic rings. The Bertz CT molecular complexity index is 542. The van der Waals surface area contributed by atoms with Gasteiger partial charge in [0.2, 0.25) is 11.8 Å². The predicted molar refractivity (Wildman–Crippen MR) is 57.9 cm³/mol. The fourth-order valence-corrected chi connectivity index (χ4v) is 1.25. The number of anilines is 1. The van der Waals surface area contributed by atoms with Gasteiger partial charge in [0, 0.05) is 6.07 Å². The summed E-state index contributed by atoms with van der Waals surface area (Å²) in [5.41, 5.74) is 0.799. The minimum atomic E-state index is -4.61. The molecular formula is C10H9F3N4O2. The van der Waals surface area contributed by atoms with Gasteiger partial charge >= 0.3 is 6.18 Å². The van der Waals surface area contributed by atoms with Crippen molar-refractivity contribution in [3.05, 3.63) is 35.9 Å². The SMILES string of the molecule is NNc1nc(OCc2ccco2)cc(C(F)(F)F)n1. The molecule has 3 N–H and O–H groups in total. The predicted octanol–water partition coefficient (Wildman–Crippen LogP) is 1.95. The van der Waals surface area contributed by atoms with Crippen LogP contribution in [0.15, 0.2) is 28.9 Å². The highest BCUT2D eigenvalue weighted by Gasteiger charge is 2.34. The summed E-state index contributed by atoms with van der Waals surface area (Å²) in [6.45, 7) is -0.0503. The van der Waals surface area contributed by atoms with E-state index in [4.69, 9.17) is 15.0 Å². The van der Waals surface area contributed by atoms with Crippen LogP contribution in [0.25, 0.3) is 0 Å². The Morgan fingerprint density at radius 1 is 1.37 bits per heavy atom. The Morgan fingerprint density at radius 2 is 2.16 bits per heavy atom. The van der Waals surface area contributed by atoms with Crippen molar-refractivity contribution in [2.24, 2.45) is 5.84 Å². The summed E-state index contributed by atoms with van der Waals surface area (Å²) in [5.74, 6) is 4.82. The monoisotopic (exact) mass is 274 g/mol. The van der Waals surface area contributed by atoms with Crippen LogP contribution in [0.3, 0.4) is 0 Å². The number of furan rings is 1. The molecule has 2 aromatic rings. The lowest BCUT2D eigenvalue weighted by molar-refractivity contribution is -0.141. The van der Waals surface area contributed by atoms with Gasteiger partial charge in [-0.3, -0.25) is 5.43 Å². The van der Waals surface area contributed by atoms with Crippen LogP contribution in [-0.2, 0) is 12.8 Å². The van der Waals surface area contributed by atoms with Crippen molar-refractivity contribution in [1.82, 2.24) is 9.97 Å². The van der Waals surface area contributed by atoms with E-state index in [0.29, 0.717) is 11.8 Å². The largest absolute Gasteiger partial charge is 0.469 e. The van der Waals surface area contributed by atoms with Crippen LogP contribution in [0.2, 0.25) is 0 Å². The number of halogens is 3. The molecule has 0 saturated carbocycles. The van der Waals surface area contributed by atoms with Crippen LogP contribution in [0.1, 0.15) is 11.5 Å². The van der Waals surface area contributed by atoms with Gasteiger partial charge in [-0.1, -0.05) is 0 Å². The average molecular weight is 274 g/mol. The maximum absolute atomic E-state index is 12.6. The summed E-state index contributed by atoms with van der Waals surface area (Å²) in [4.78, 5) is 6.85. The quantitative estimate of drug-likeness (QED) is 0.654. The van der Waals surface area contributed by atoms with Crippen LogP contribution < -0.4 is 16.0 Å². The standard InChI is InChI=1S/C10H9F3N4O2/c11-10(12,13)7-4-8(16-9(15-7)17-14)19-5-6-2-1-3-18-6/h1-4H,5,14H2,(H,15,16,17). The Hall–Kier alpha value is -2.29. The number of hydrogen-bond donors (Lipinski definition) is 2. The third-order valence-corrected chi connectivity index (χ3v) is 2.06. The Kier molecular flexibility index (Phi) is 3.56. The van der Waals surface area contributed by atoms with Gasteiger partial charge in [-0.2, -0.15) is 18.2 Å². The molecule has 2 rings (SSSR count). The molecule has 2 heterocycles. The van der Waals surface area contributed by atoms with Gasteiger partial charge in [-0.25, -0.2) is 10.8 Å². The van der Waals surface area contributed by atoms with Crippen LogP contribution >= 0.6 is 0 Å². The van der Waals surface area contributed by atoms with Crippen molar-refractivity contribution in [3.63, 3.8) is 0 Å². The van der Waals surface area contributed by atoms with Crippen LogP contribution in [0.4, 0.5) is 19.1 Å². The van der Waals surface area contributed by atoms with E-state index >= 15 is 0 Å². The smallest absolute Gasteiger partial charge is 0.433 e. The van der Waals surface area contributed by atoms with Crippen molar-refractivity contribution in [2.45, 2.75) is 12.8 Å². The second-order valence-electron chi connectivity index (χ2n) is 3.43. The van der Waals surface area contributed by atoms with E-state index < -0.39 is 11.9 Å². The van der Waals surface area contributed by atoms with Gasteiger partial charge in [-0.15, -0.1) is 0 Å². The molecule has 0 bridgehead atoms. The zero-order valence-electron chi connectivity index (χ0n) is 9.44. The van der Waals surface area contributed by atoms with Gasteiger partial charge in [-0.05, 0) is 12.1 Å². The van der Waals surface area contributed by atoms with Crippen molar-refractivity contribution in [1.29, 1.82) is 0 Å². The topological polar surface area (TPSA) is 86.2 Å². The minimum absolute atomic E-state index is 0.0503. The molecule has 0 fully saturated rings. The molecule has 0 atom stereocenters. The third-order valence-electron chi connectivity index (χ3n) is 2.06. The molecule has 0 spiro atoms. The number of aromatic nitrogens is 2. The lowest BCUT2D eigenvalue weighted by atomic mass is 10.4. The second kappa shape index (κ2) is 5.14. The lowest BCUT2D eigenvalue weighted by Gasteiger charge is -2.10. The summed E-state index contributed by atoms with van der Waals surface area (Å²) in [7, 11) is 0. The van der Waals surface area contributed by atoms with E-state index in [1.165, 1.54) is 6.26 Å². The molecule has 0 aromatic carbocycles. The molecule has 102 valence electrons. The zero-order valence-corrected chi connectivity index (χ0v) is 9.44. The highest BCUT2D eigenvalue weighted by molar-refractivity contribution is 5.30. The van der Waals surface area contributed by atoms with Crippen molar-refractivity contribution in [3.8, 4) is 5.88 Å². The number of ether oxygens (including phenoxy) is 1. The minimum Gasteiger partial charge on any atom is -0.469 e. The molecule has 0 aliphatic carbocycles. The van der Waals surface area contributed by atoms with Crippen LogP contribution in [0, 0.1) is 0 Å². The zero-order chi connectivity index (χ0) is 13.9.